The second-order valence-corrected chi connectivity index (χ2v) is 6.85. The van der Waals surface area contributed by atoms with Gasteiger partial charge in [0, 0.05) is 7.05 Å². The van der Waals surface area contributed by atoms with E-state index in [1.54, 1.807) is 25.1 Å². The lowest BCUT2D eigenvalue weighted by molar-refractivity contribution is 0.0526. The van der Waals surface area contributed by atoms with Gasteiger partial charge in [-0.2, -0.15) is 5.26 Å². The zero-order valence-corrected chi connectivity index (χ0v) is 14.1. The lowest BCUT2D eigenvalue weighted by atomic mass is 10.2. The lowest BCUT2D eigenvalue weighted by Gasteiger charge is -2.20. The van der Waals surface area contributed by atoms with Crippen LogP contribution in [0.1, 0.15) is 22.8 Å². The van der Waals surface area contributed by atoms with Crippen LogP contribution in [0.4, 0.5) is 5.69 Å². The Labute approximate surface area is 141 Å². The van der Waals surface area contributed by atoms with Crippen LogP contribution < -0.4 is 4.31 Å². The molecule has 0 saturated heterocycles. The van der Waals surface area contributed by atoms with E-state index in [4.69, 9.17) is 10.00 Å². The molecule has 0 fully saturated rings. The monoisotopic (exact) mass is 344 g/mol. The lowest BCUT2D eigenvalue weighted by Crippen LogP contribution is -2.26. The molecule has 0 unspecified atom stereocenters. The molecule has 2 rings (SSSR count). The first kappa shape index (κ1) is 17.5. The highest BCUT2D eigenvalue weighted by Crippen LogP contribution is 2.23. The predicted octanol–water partition coefficient (Wildman–Crippen LogP) is 2.56. The van der Waals surface area contributed by atoms with E-state index in [9.17, 15) is 13.2 Å². The van der Waals surface area contributed by atoms with Crippen LogP contribution in [0, 0.1) is 11.3 Å². The van der Waals surface area contributed by atoms with Crippen molar-refractivity contribution >= 4 is 21.7 Å². The van der Waals surface area contributed by atoms with E-state index in [1.165, 1.54) is 37.4 Å². The van der Waals surface area contributed by atoms with Gasteiger partial charge in [0.2, 0.25) is 0 Å². The topological polar surface area (TPSA) is 87.5 Å². The molecule has 0 radical (unpaired) electrons. The summed E-state index contributed by atoms with van der Waals surface area (Å²) < 4.78 is 31.5. The number of rotatable bonds is 5. The molecule has 124 valence electrons. The quantitative estimate of drug-likeness (QED) is 0.778. The molecule has 0 aliphatic heterocycles. The molecule has 0 N–H and O–H groups in total. The van der Waals surface area contributed by atoms with Crippen LogP contribution in [0.2, 0.25) is 0 Å². The number of carbonyl (C=O) groups is 1. The Hall–Kier alpha value is -2.85. The number of benzene rings is 2. The first-order valence-electron chi connectivity index (χ1n) is 7.16. The minimum Gasteiger partial charge on any atom is -0.462 e. The standard InChI is InChI=1S/C17H16N2O4S/c1-3-23-17(20)14-7-5-9-16(11-14)24(21,22)19(2)15-8-4-6-13(10-15)12-18/h4-11H,3H2,1-2H3. The molecular formula is C17H16N2O4S. The second-order valence-electron chi connectivity index (χ2n) is 4.88. The molecule has 0 amide bonds. The number of anilines is 1. The summed E-state index contributed by atoms with van der Waals surface area (Å²) in [6.07, 6.45) is 0. The summed E-state index contributed by atoms with van der Waals surface area (Å²) >= 11 is 0. The molecule has 0 spiro atoms. The third-order valence-corrected chi connectivity index (χ3v) is 5.12. The Bertz CT molecular complexity index is 901. The van der Waals surface area contributed by atoms with Crippen molar-refractivity contribution in [2.45, 2.75) is 11.8 Å². The van der Waals surface area contributed by atoms with Crippen LogP contribution in [0.15, 0.2) is 53.4 Å². The molecule has 7 heteroatoms. The third-order valence-electron chi connectivity index (χ3n) is 3.34. The van der Waals surface area contributed by atoms with E-state index in [0.29, 0.717) is 11.3 Å². The molecule has 0 bridgehead atoms. The Kier molecular flexibility index (Phi) is 5.21. The van der Waals surface area contributed by atoms with Gasteiger partial charge in [0.05, 0.1) is 34.4 Å². The SMILES string of the molecule is CCOC(=O)c1cccc(S(=O)(=O)N(C)c2cccc(C#N)c2)c1. The summed E-state index contributed by atoms with van der Waals surface area (Å²) in [4.78, 5) is 11.8. The normalized spacial score (nSPS) is 10.7. The maximum atomic E-state index is 12.8. The van der Waals surface area contributed by atoms with Gasteiger partial charge < -0.3 is 4.74 Å². The number of hydrogen-bond donors (Lipinski definition) is 0. The van der Waals surface area contributed by atoms with Crippen molar-refractivity contribution in [2.24, 2.45) is 0 Å². The van der Waals surface area contributed by atoms with E-state index in [1.807, 2.05) is 6.07 Å². The Morgan fingerprint density at radius 2 is 1.92 bits per heavy atom. The van der Waals surface area contributed by atoms with Gasteiger partial charge in [-0.05, 0) is 43.3 Å². The van der Waals surface area contributed by atoms with Crippen LogP contribution in [0.5, 0.6) is 0 Å². The molecule has 0 saturated carbocycles. The van der Waals surface area contributed by atoms with Gasteiger partial charge in [-0.15, -0.1) is 0 Å². The van der Waals surface area contributed by atoms with Gasteiger partial charge in [0.1, 0.15) is 0 Å². The fourth-order valence-corrected chi connectivity index (χ4v) is 3.30. The summed E-state index contributed by atoms with van der Waals surface area (Å²) in [7, 11) is -2.48. The number of hydrogen-bond acceptors (Lipinski definition) is 5. The van der Waals surface area contributed by atoms with Crippen molar-refractivity contribution in [3.63, 3.8) is 0 Å². The summed E-state index contributed by atoms with van der Waals surface area (Å²) in [5.74, 6) is -0.580. The highest BCUT2D eigenvalue weighted by molar-refractivity contribution is 7.92. The van der Waals surface area contributed by atoms with Gasteiger partial charge in [0.15, 0.2) is 0 Å². The second kappa shape index (κ2) is 7.15. The maximum absolute atomic E-state index is 12.8. The van der Waals surface area contributed by atoms with Crippen molar-refractivity contribution in [2.75, 3.05) is 18.0 Å². The molecule has 0 heterocycles. The number of carbonyl (C=O) groups excluding carboxylic acids is 1. The van der Waals surface area contributed by atoms with Crippen molar-refractivity contribution in [1.29, 1.82) is 5.26 Å². The Balaban J connectivity index is 2.41. The van der Waals surface area contributed by atoms with Gasteiger partial charge in [-0.3, -0.25) is 4.31 Å². The predicted molar refractivity (Wildman–Crippen MR) is 89.1 cm³/mol. The van der Waals surface area contributed by atoms with Crippen LogP contribution in [-0.4, -0.2) is 28.0 Å². The molecule has 6 nitrogen and oxygen atoms in total. The van der Waals surface area contributed by atoms with Crippen molar-refractivity contribution in [3.8, 4) is 6.07 Å². The summed E-state index contributed by atoms with van der Waals surface area (Å²) in [6, 6.07) is 13.9. The Morgan fingerprint density at radius 1 is 1.21 bits per heavy atom. The van der Waals surface area contributed by atoms with Gasteiger partial charge in [-0.1, -0.05) is 12.1 Å². The molecule has 0 atom stereocenters. The minimum atomic E-state index is -3.87. The first-order chi connectivity index (χ1) is 11.4. The largest absolute Gasteiger partial charge is 0.462 e. The van der Waals surface area contributed by atoms with E-state index in [2.05, 4.69) is 0 Å². The van der Waals surface area contributed by atoms with Crippen molar-refractivity contribution < 1.29 is 17.9 Å². The average Bonchev–Trinajstić information content (AvgIpc) is 2.61. The molecular weight excluding hydrogens is 328 g/mol. The van der Waals surface area contributed by atoms with E-state index < -0.39 is 16.0 Å². The number of ether oxygens (including phenoxy) is 1. The van der Waals surface area contributed by atoms with Crippen LogP contribution in [0.3, 0.4) is 0 Å². The zero-order chi connectivity index (χ0) is 17.7. The minimum absolute atomic E-state index is 0.0297. The molecule has 24 heavy (non-hydrogen) atoms. The van der Waals surface area contributed by atoms with Crippen LogP contribution >= 0.6 is 0 Å². The summed E-state index contributed by atoms with van der Waals surface area (Å²) in [5.41, 5.74) is 0.877. The fraction of sp³-hybridized carbons (Fsp3) is 0.176. The zero-order valence-electron chi connectivity index (χ0n) is 13.3. The van der Waals surface area contributed by atoms with Crippen molar-refractivity contribution in [3.05, 3.63) is 59.7 Å². The average molecular weight is 344 g/mol. The number of esters is 1. The maximum Gasteiger partial charge on any atom is 0.338 e. The van der Waals surface area contributed by atoms with Gasteiger partial charge >= 0.3 is 5.97 Å². The Morgan fingerprint density at radius 3 is 2.58 bits per heavy atom. The van der Waals surface area contributed by atoms with E-state index in [-0.39, 0.29) is 17.1 Å². The van der Waals surface area contributed by atoms with Crippen LogP contribution in [-0.2, 0) is 14.8 Å². The molecule has 0 aliphatic rings. The number of sulfonamides is 1. The molecule has 0 aliphatic carbocycles. The number of nitrogens with zero attached hydrogens (tertiary/aromatic N) is 2. The van der Waals surface area contributed by atoms with Gasteiger partial charge in [-0.25, -0.2) is 13.2 Å². The molecule has 2 aromatic carbocycles. The first-order valence-corrected chi connectivity index (χ1v) is 8.60. The highest BCUT2D eigenvalue weighted by Gasteiger charge is 2.23. The summed E-state index contributed by atoms with van der Waals surface area (Å²) in [6.45, 7) is 1.88. The summed E-state index contributed by atoms with van der Waals surface area (Å²) in [5, 5.41) is 8.94. The van der Waals surface area contributed by atoms with Gasteiger partial charge in [0.25, 0.3) is 10.0 Å². The smallest absolute Gasteiger partial charge is 0.338 e. The fourth-order valence-electron chi connectivity index (χ4n) is 2.07. The van der Waals surface area contributed by atoms with E-state index in [0.717, 1.165) is 4.31 Å². The van der Waals surface area contributed by atoms with Crippen molar-refractivity contribution in [1.82, 2.24) is 0 Å². The molecule has 2 aromatic rings. The van der Waals surface area contributed by atoms with Crippen LogP contribution in [0.25, 0.3) is 0 Å². The number of nitriles is 1. The highest BCUT2D eigenvalue weighted by atomic mass is 32.2. The third kappa shape index (κ3) is 3.55. The molecule has 0 aromatic heterocycles. The van der Waals surface area contributed by atoms with E-state index >= 15 is 0 Å².